The molecule has 2 aromatic carbocycles. The van der Waals surface area contributed by atoms with Crippen LogP contribution in [0.2, 0.25) is 0 Å². The second kappa shape index (κ2) is 39.8. The first-order valence-corrected chi connectivity index (χ1v) is 33.3. The summed E-state index contributed by atoms with van der Waals surface area (Å²) >= 11 is 0. The summed E-state index contributed by atoms with van der Waals surface area (Å²) in [6.07, 6.45) is 11.3. The van der Waals surface area contributed by atoms with Crippen molar-refractivity contribution in [2.45, 2.75) is 79.4 Å². The Labute approximate surface area is 507 Å². The zero-order valence-electron chi connectivity index (χ0n) is 50.1. The van der Waals surface area contributed by atoms with Crippen LogP contribution in [0, 0.1) is 0 Å². The topological polar surface area (TPSA) is 320 Å². The summed E-state index contributed by atoms with van der Waals surface area (Å²) in [6, 6.07) is 8.49. The normalized spacial score (nSPS) is 17.8. The van der Waals surface area contributed by atoms with Crippen LogP contribution in [0.25, 0.3) is 0 Å². The summed E-state index contributed by atoms with van der Waals surface area (Å²) in [7, 11) is -10.7. The van der Waals surface area contributed by atoms with Crippen molar-refractivity contribution in [2.75, 3.05) is 183 Å². The van der Waals surface area contributed by atoms with Crippen molar-refractivity contribution in [1.82, 2.24) is 0 Å². The van der Waals surface area contributed by atoms with Crippen LogP contribution in [0.3, 0.4) is 0 Å². The standard InChI is InChI=1S/C58H90N2O23S3/c1-57(19-23-74-29-31-78-37-39-82-43-41-80-35-33-76-27-25-72-3)50-46-48(85(66,67)68)15-17-52(50)59(21-10-6-9-14-56(61)62)54(57)12-7-5-8-13-55-58(2,20-24-75-30-32-79-38-40-83-44-42-81-36-34-77-28-26-73-4)51-47-49(86(69,70)71)16-18-53(51)60(55)22-11-45-84(63,64)65/h5,7-8,12-13,15-18,46-47H,6,9-11,14,19-45H2,1-4H3,(H3-,61,62,63,64,65,66,67,68,69,70,71). The van der Waals surface area contributed by atoms with Gasteiger partial charge >= 0.3 is 5.97 Å². The lowest BCUT2D eigenvalue weighted by Crippen LogP contribution is -2.33. The summed E-state index contributed by atoms with van der Waals surface area (Å²) in [6.45, 7) is 12.5. The van der Waals surface area contributed by atoms with Crippen LogP contribution in [0.5, 0.6) is 0 Å². The number of ether oxygens (including phenoxy) is 12. The fraction of sp³-hybridized carbons (Fsp3) is 0.655. The molecule has 2 aliphatic rings. The summed E-state index contributed by atoms with van der Waals surface area (Å²) < 4.78 is 174. The molecule has 0 saturated carbocycles. The number of carboxylic acids is 1. The number of methoxy groups -OCH3 is 2. The van der Waals surface area contributed by atoms with Crippen molar-refractivity contribution in [3.8, 4) is 0 Å². The van der Waals surface area contributed by atoms with Crippen molar-refractivity contribution >= 4 is 53.4 Å². The number of nitrogens with zero attached hydrogens (tertiary/aromatic N) is 2. The minimum Gasteiger partial charge on any atom is -0.744 e. The molecule has 4 rings (SSSR count). The SMILES string of the molecule is COCCOCCOCCOCCOCCOCCC1(C)C(=CC=CC=CC2=[N+](CCCS(=O)(=O)O)c3ccc(S(=O)(=O)[O-])cc3C2(C)CCOCCOCCOCCOCCOCCOC)N(CCCCCC(=O)O)c2ccc(S(=O)(=O)O)cc21. The molecule has 0 aromatic heterocycles. The van der Waals surface area contributed by atoms with E-state index in [4.69, 9.17) is 56.8 Å². The van der Waals surface area contributed by atoms with E-state index in [1.165, 1.54) is 30.3 Å². The van der Waals surface area contributed by atoms with Crippen LogP contribution in [-0.2, 0) is 103 Å². The molecule has 488 valence electrons. The first-order valence-electron chi connectivity index (χ1n) is 28.8. The summed E-state index contributed by atoms with van der Waals surface area (Å²) in [5, 5.41) is 9.31. The monoisotopic (exact) mass is 1280 g/mol. The van der Waals surface area contributed by atoms with Gasteiger partial charge in [0.2, 0.25) is 5.69 Å². The number of fused-ring (bicyclic) bond motifs is 2. The first kappa shape index (κ1) is 74.3. The molecule has 3 N–H and O–H groups in total. The highest BCUT2D eigenvalue weighted by atomic mass is 32.2. The van der Waals surface area contributed by atoms with E-state index in [2.05, 4.69) is 4.90 Å². The number of aliphatic carboxylic acids is 1. The van der Waals surface area contributed by atoms with Gasteiger partial charge in [-0.2, -0.15) is 21.4 Å². The van der Waals surface area contributed by atoms with Crippen LogP contribution in [0.4, 0.5) is 11.4 Å². The van der Waals surface area contributed by atoms with E-state index < -0.39 is 57.8 Å². The van der Waals surface area contributed by atoms with Gasteiger partial charge in [0.05, 0.1) is 153 Å². The average Bonchev–Trinajstić information content (AvgIpc) is 1.62. The van der Waals surface area contributed by atoms with Gasteiger partial charge in [-0.25, -0.2) is 8.42 Å². The molecule has 28 heteroatoms. The molecular weight excluding hydrogens is 1190 g/mol. The molecule has 0 bridgehead atoms. The Morgan fingerprint density at radius 3 is 1.47 bits per heavy atom. The predicted molar refractivity (Wildman–Crippen MR) is 317 cm³/mol. The van der Waals surface area contributed by atoms with E-state index in [0.29, 0.717) is 166 Å². The van der Waals surface area contributed by atoms with Gasteiger partial charge in [0.25, 0.3) is 20.2 Å². The van der Waals surface area contributed by atoms with Crippen LogP contribution in [0.1, 0.15) is 69.9 Å². The Morgan fingerprint density at radius 2 is 1.01 bits per heavy atom. The van der Waals surface area contributed by atoms with E-state index in [1.807, 2.05) is 24.5 Å². The van der Waals surface area contributed by atoms with E-state index in [-0.39, 0.29) is 70.3 Å². The number of allylic oxidation sites excluding steroid dienone is 6. The predicted octanol–water partition coefficient (Wildman–Crippen LogP) is 5.13. The minimum absolute atomic E-state index is 0.00368. The maximum Gasteiger partial charge on any atom is 0.303 e. The molecule has 0 aliphatic carbocycles. The molecule has 2 heterocycles. The number of hydrogen-bond acceptors (Lipinski definition) is 21. The first-order chi connectivity index (χ1) is 41.2. The lowest BCUT2D eigenvalue weighted by atomic mass is 9.76. The largest absolute Gasteiger partial charge is 0.744 e. The number of hydrogen-bond donors (Lipinski definition) is 3. The van der Waals surface area contributed by atoms with Crippen molar-refractivity contribution in [3.63, 3.8) is 0 Å². The molecule has 2 aliphatic heterocycles. The Hall–Kier alpha value is -4.15. The van der Waals surface area contributed by atoms with Gasteiger partial charge < -0.3 is 71.4 Å². The highest BCUT2D eigenvalue weighted by molar-refractivity contribution is 7.86. The van der Waals surface area contributed by atoms with Gasteiger partial charge in [0, 0.05) is 81.3 Å². The van der Waals surface area contributed by atoms with Gasteiger partial charge in [-0.3, -0.25) is 13.9 Å². The maximum absolute atomic E-state index is 12.6. The quantitative estimate of drug-likeness (QED) is 0.0334. The molecule has 2 atom stereocenters. The molecule has 2 unspecified atom stereocenters. The number of rotatable bonds is 51. The van der Waals surface area contributed by atoms with Crippen molar-refractivity contribution in [1.29, 1.82) is 0 Å². The Kier molecular flexibility index (Phi) is 34.4. The maximum atomic E-state index is 12.6. The Bertz CT molecular complexity index is 2810. The molecule has 0 amide bonds. The van der Waals surface area contributed by atoms with Gasteiger partial charge in [-0.1, -0.05) is 24.6 Å². The fourth-order valence-corrected chi connectivity index (χ4v) is 11.2. The lowest BCUT2D eigenvalue weighted by molar-refractivity contribution is -0.437. The third-order valence-corrected chi connectivity index (χ3v) is 16.6. The number of carboxylic acid groups (broad SMARTS) is 1. The van der Waals surface area contributed by atoms with Gasteiger partial charge in [-0.05, 0) is 81.5 Å². The third kappa shape index (κ3) is 26.5. The number of benzene rings is 2. The molecule has 86 heavy (non-hydrogen) atoms. The van der Waals surface area contributed by atoms with E-state index in [1.54, 1.807) is 44.6 Å². The Morgan fingerprint density at radius 1 is 0.558 bits per heavy atom. The third-order valence-electron chi connectivity index (χ3n) is 14.1. The zero-order chi connectivity index (χ0) is 62.7. The second-order valence-electron chi connectivity index (χ2n) is 20.4. The van der Waals surface area contributed by atoms with Crippen molar-refractivity contribution in [3.05, 3.63) is 83.6 Å². The average molecular weight is 1280 g/mol. The smallest absolute Gasteiger partial charge is 0.303 e. The highest BCUT2D eigenvalue weighted by Crippen LogP contribution is 2.51. The van der Waals surface area contributed by atoms with Crippen molar-refractivity contribution in [2.24, 2.45) is 0 Å². The molecular formula is C58H90N2O23S3. The van der Waals surface area contributed by atoms with Gasteiger partial charge in [0.15, 0.2) is 5.71 Å². The highest BCUT2D eigenvalue weighted by Gasteiger charge is 2.48. The number of carbonyl (C=O) groups is 1. The van der Waals surface area contributed by atoms with E-state index >= 15 is 0 Å². The molecule has 2 aromatic rings. The van der Waals surface area contributed by atoms with Crippen LogP contribution in [0.15, 0.2) is 82.3 Å². The Balaban J connectivity index is 1.54. The molecule has 0 fully saturated rings. The fourth-order valence-electron chi connectivity index (χ4n) is 9.67. The molecule has 0 spiro atoms. The van der Waals surface area contributed by atoms with Crippen LogP contribution in [-0.4, -0.2) is 239 Å². The zero-order valence-corrected chi connectivity index (χ0v) is 52.6. The van der Waals surface area contributed by atoms with Gasteiger partial charge in [-0.15, -0.1) is 0 Å². The van der Waals surface area contributed by atoms with E-state index in [0.717, 1.165) is 5.70 Å². The van der Waals surface area contributed by atoms with Crippen molar-refractivity contribution < 1.29 is 110 Å². The van der Waals surface area contributed by atoms with Gasteiger partial charge in [0.1, 0.15) is 16.7 Å². The molecule has 25 nitrogen and oxygen atoms in total. The van der Waals surface area contributed by atoms with E-state index in [9.17, 15) is 48.8 Å². The second-order valence-corrected chi connectivity index (χ2v) is 24.8. The van der Waals surface area contributed by atoms with Crippen LogP contribution >= 0.6 is 0 Å². The minimum atomic E-state index is -4.90. The molecule has 0 saturated heterocycles. The summed E-state index contributed by atoms with van der Waals surface area (Å²) in [5.41, 5.74) is 1.83. The number of anilines is 1. The number of unbranched alkanes of at least 4 members (excludes halogenated alkanes) is 2. The summed E-state index contributed by atoms with van der Waals surface area (Å²) in [5.74, 6) is -1.46. The summed E-state index contributed by atoms with van der Waals surface area (Å²) in [4.78, 5) is 12.7. The molecule has 0 radical (unpaired) electrons. The van der Waals surface area contributed by atoms with Crippen LogP contribution < -0.4 is 4.90 Å². The lowest BCUT2D eigenvalue weighted by Gasteiger charge is -2.30.